The van der Waals surface area contributed by atoms with Crippen LogP contribution in [0.2, 0.25) is 0 Å². The fraction of sp³-hybridized carbons (Fsp3) is 0.333. The number of amides is 1. The Labute approximate surface area is 168 Å². The molecule has 2 heterocycles. The average molecular weight is 394 g/mol. The van der Waals surface area contributed by atoms with Crippen molar-refractivity contribution in [1.82, 2.24) is 25.3 Å². The molecule has 0 spiro atoms. The van der Waals surface area contributed by atoms with Gasteiger partial charge < -0.3 is 5.32 Å². The van der Waals surface area contributed by atoms with Crippen LogP contribution in [0.25, 0.3) is 5.82 Å². The first-order valence-corrected chi connectivity index (χ1v) is 10.5. The fourth-order valence-electron chi connectivity index (χ4n) is 3.37. The van der Waals surface area contributed by atoms with E-state index in [1.54, 1.807) is 0 Å². The predicted octanol–water partition coefficient (Wildman–Crippen LogP) is 3.18. The van der Waals surface area contributed by atoms with Crippen LogP contribution in [0, 0.1) is 13.8 Å². The first kappa shape index (κ1) is 18.7. The summed E-state index contributed by atoms with van der Waals surface area (Å²) in [5.74, 6) is 1.02. The van der Waals surface area contributed by atoms with Gasteiger partial charge in [-0.05, 0) is 56.4 Å². The van der Waals surface area contributed by atoms with Gasteiger partial charge in [0.2, 0.25) is 5.91 Å². The molecular weight excluding hydrogens is 370 g/mol. The number of fused-ring (bicyclic) bond motifs is 1. The summed E-state index contributed by atoms with van der Waals surface area (Å²) in [5, 5.41) is 16.9. The van der Waals surface area contributed by atoms with Gasteiger partial charge in [-0.25, -0.2) is 4.68 Å². The number of aryl methyl sites for hydroxylation is 2. The van der Waals surface area contributed by atoms with E-state index < -0.39 is 0 Å². The van der Waals surface area contributed by atoms with Crippen molar-refractivity contribution in [3.05, 3.63) is 64.5 Å². The maximum Gasteiger partial charge on any atom is 0.230 e. The van der Waals surface area contributed by atoms with Crippen LogP contribution in [-0.2, 0) is 24.2 Å². The highest BCUT2D eigenvalue weighted by Crippen LogP contribution is 2.26. The Balaban J connectivity index is 1.31. The standard InChI is InChI=1S/C21H23N5OS/c1-14-6-8-16(9-7-14)12-22-20(27)13-28-21-11-10-19(23-24-21)26-15(2)17-4-3-5-18(17)25-26/h6-11H,3-5,12-13H2,1-2H3,(H,22,27). The maximum absolute atomic E-state index is 12.1. The molecule has 0 unspecified atom stereocenters. The Morgan fingerprint density at radius 3 is 2.64 bits per heavy atom. The van der Waals surface area contributed by atoms with Crippen LogP contribution in [0.4, 0.5) is 0 Å². The first-order valence-electron chi connectivity index (χ1n) is 9.46. The summed E-state index contributed by atoms with van der Waals surface area (Å²) in [4.78, 5) is 12.1. The van der Waals surface area contributed by atoms with Crippen LogP contribution in [-0.4, -0.2) is 31.6 Å². The van der Waals surface area contributed by atoms with Gasteiger partial charge in [0.1, 0.15) is 5.03 Å². The average Bonchev–Trinajstić information content (AvgIpc) is 3.29. The molecule has 0 saturated heterocycles. The molecule has 0 saturated carbocycles. The molecule has 0 radical (unpaired) electrons. The van der Waals surface area contributed by atoms with Gasteiger partial charge in [0.25, 0.3) is 0 Å². The second-order valence-corrected chi connectivity index (χ2v) is 8.05. The summed E-state index contributed by atoms with van der Waals surface area (Å²) in [5.41, 5.74) is 5.99. The molecule has 1 amide bonds. The number of aromatic nitrogens is 4. The zero-order valence-corrected chi connectivity index (χ0v) is 16.9. The number of hydrogen-bond donors (Lipinski definition) is 1. The molecule has 3 aromatic rings. The van der Waals surface area contributed by atoms with Gasteiger partial charge >= 0.3 is 0 Å². The van der Waals surface area contributed by atoms with E-state index in [9.17, 15) is 4.79 Å². The molecule has 4 rings (SSSR count). The molecule has 2 aromatic heterocycles. The van der Waals surface area contributed by atoms with E-state index in [2.05, 4.69) is 27.5 Å². The Bertz CT molecular complexity index is 979. The van der Waals surface area contributed by atoms with Gasteiger partial charge in [-0.2, -0.15) is 5.10 Å². The van der Waals surface area contributed by atoms with Crippen molar-refractivity contribution < 1.29 is 4.79 Å². The fourth-order valence-corrected chi connectivity index (χ4v) is 4.02. The van der Waals surface area contributed by atoms with Crippen LogP contribution >= 0.6 is 11.8 Å². The number of nitrogens with one attached hydrogen (secondary N) is 1. The Morgan fingerprint density at radius 2 is 1.93 bits per heavy atom. The zero-order valence-electron chi connectivity index (χ0n) is 16.1. The first-order chi connectivity index (χ1) is 13.6. The summed E-state index contributed by atoms with van der Waals surface area (Å²) in [7, 11) is 0. The SMILES string of the molecule is Cc1ccc(CNC(=O)CSc2ccc(-n3nc4c(c3C)CCC4)nn2)cc1. The van der Waals surface area contributed by atoms with E-state index in [4.69, 9.17) is 0 Å². The minimum Gasteiger partial charge on any atom is -0.351 e. The highest BCUT2D eigenvalue weighted by atomic mass is 32.2. The molecule has 7 heteroatoms. The van der Waals surface area contributed by atoms with Crippen molar-refractivity contribution in [2.75, 3.05) is 5.75 Å². The highest BCUT2D eigenvalue weighted by Gasteiger charge is 2.20. The molecule has 1 aliphatic carbocycles. The molecular formula is C21H23N5OS. The summed E-state index contributed by atoms with van der Waals surface area (Å²) < 4.78 is 1.87. The molecule has 0 aliphatic heterocycles. The Morgan fingerprint density at radius 1 is 1.11 bits per heavy atom. The number of rotatable bonds is 6. The van der Waals surface area contributed by atoms with Crippen LogP contribution in [0.5, 0.6) is 0 Å². The second-order valence-electron chi connectivity index (χ2n) is 7.06. The topological polar surface area (TPSA) is 72.7 Å². The van der Waals surface area contributed by atoms with E-state index in [0.29, 0.717) is 12.3 Å². The molecule has 144 valence electrons. The van der Waals surface area contributed by atoms with Crippen LogP contribution in [0.15, 0.2) is 41.4 Å². The lowest BCUT2D eigenvalue weighted by molar-refractivity contribution is -0.118. The minimum atomic E-state index is -0.0178. The van der Waals surface area contributed by atoms with Crippen LogP contribution in [0.1, 0.15) is 34.5 Å². The lowest BCUT2D eigenvalue weighted by atomic mass is 10.1. The molecule has 0 atom stereocenters. The third-order valence-corrected chi connectivity index (χ3v) is 5.89. The molecule has 1 aromatic carbocycles. The van der Waals surface area contributed by atoms with Crippen LogP contribution < -0.4 is 5.32 Å². The largest absolute Gasteiger partial charge is 0.351 e. The van der Waals surface area contributed by atoms with Gasteiger partial charge in [-0.1, -0.05) is 41.6 Å². The number of hydrogen-bond acceptors (Lipinski definition) is 5. The van der Waals surface area contributed by atoms with Crippen molar-refractivity contribution >= 4 is 17.7 Å². The Kier molecular flexibility index (Phi) is 5.43. The zero-order chi connectivity index (χ0) is 19.5. The van der Waals surface area contributed by atoms with Crippen molar-refractivity contribution in [1.29, 1.82) is 0 Å². The van der Waals surface area contributed by atoms with E-state index >= 15 is 0 Å². The molecule has 6 nitrogen and oxygen atoms in total. The number of benzene rings is 1. The quantitative estimate of drug-likeness (QED) is 0.651. The summed E-state index contributed by atoms with van der Waals surface area (Å²) in [6.07, 6.45) is 3.33. The van der Waals surface area contributed by atoms with Crippen LogP contribution in [0.3, 0.4) is 0 Å². The van der Waals surface area contributed by atoms with Gasteiger partial charge in [0, 0.05) is 12.2 Å². The van der Waals surface area contributed by atoms with Crippen molar-refractivity contribution in [2.24, 2.45) is 0 Å². The van der Waals surface area contributed by atoms with Gasteiger partial charge in [0.15, 0.2) is 5.82 Å². The normalized spacial score (nSPS) is 12.8. The smallest absolute Gasteiger partial charge is 0.230 e. The summed E-state index contributed by atoms with van der Waals surface area (Å²) in [6, 6.07) is 12.0. The van der Waals surface area contributed by atoms with E-state index in [-0.39, 0.29) is 5.91 Å². The van der Waals surface area contributed by atoms with Crippen molar-refractivity contribution in [3.63, 3.8) is 0 Å². The van der Waals surface area contributed by atoms with Gasteiger partial charge in [-0.3, -0.25) is 4.79 Å². The summed E-state index contributed by atoms with van der Waals surface area (Å²) >= 11 is 1.38. The molecule has 1 N–H and O–H groups in total. The molecule has 0 bridgehead atoms. The van der Waals surface area contributed by atoms with E-state index in [0.717, 1.165) is 34.9 Å². The number of carbonyl (C=O) groups is 1. The Hall–Kier alpha value is -2.67. The molecule has 1 aliphatic rings. The lowest BCUT2D eigenvalue weighted by Gasteiger charge is -2.06. The molecule has 28 heavy (non-hydrogen) atoms. The monoisotopic (exact) mass is 393 g/mol. The summed E-state index contributed by atoms with van der Waals surface area (Å²) in [6.45, 7) is 4.67. The number of nitrogens with zero attached hydrogens (tertiary/aromatic N) is 4. The van der Waals surface area contributed by atoms with Gasteiger partial charge in [0.05, 0.1) is 11.4 Å². The van der Waals surface area contributed by atoms with E-state index in [1.165, 1.54) is 35.0 Å². The molecule has 0 fully saturated rings. The third-order valence-electron chi connectivity index (χ3n) is 4.97. The third kappa shape index (κ3) is 4.09. The lowest BCUT2D eigenvalue weighted by Crippen LogP contribution is -2.24. The van der Waals surface area contributed by atoms with Crippen molar-refractivity contribution in [3.8, 4) is 5.82 Å². The van der Waals surface area contributed by atoms with Gasteiger partial charge in [-0.15, -0.1) is 10.2 Å². The van der Waals surface area contributed by atoms with E-state index in [1.807, 2.05) is 48.0 Å². The predicted molar refractivity (Wildman–Crippen MR) is 110 cm³/mol. The van der Waals surface area contributed by atoms with Crippen molar-refractivity contribution in [2.45, 2.75) is 44.7 Å². The minimum absolute atomic E-state index is 0.0178. The maximum atomic E-state index is 12.1. The number of carbonyl (C=O) groups excluding carboxylic acids is 1. The second kappa shape index (κ2) is 8.14. The highest BCUT2D eigenvalue weighted by molar-refractivity contribution is 7.99. The number of thioether (sulfide) groups is 1.